The molecule has 0 aliphatic heterocycles. The van der Waals surface area contributed by atoms with Crippen molar-refractivity contribution in [2.75, 3.05) is 0 Å². The Hall–Kier alpha value is -1.48. The highest BCUT2D eigenvalue weighted by molar-refractivity contribution is 5.92. The molecule has 1 unspecified atom stereocenters. The Morgan fingerprint density at radius 3 is 2.75 bits per heavy atom. The van der Waals surface area contributed by atoms with Crippen LogP contribution in [0.15, 0.2) is 41.0 Å². The maximum absolute atomic E-state index is 10.2. The van der Waals surface area contributed by atoms with Gasteiger partial charge in [-0.25, -0.2) is 0 Å². The molecule has 4 aliphatic carbocycles. The minimum Gasteiger partial charge on any atom is -0.393 e. The van der Waals surface area contributed by atoms with Gasteiger partial charge in [-0.05, 0) is 86.7 Å². The fraction of sp³-hybridized carbons (Fsp3) is 0.680. The molecule has 1 aromatic heterocycles. The van der Waals surface area contributed by atoms with E-state index in [-0.39, 0.29) is 11.5 Å². The van der Waals surface area contributed by atoms with E-state index >= 15 is 0 Å². The SMILES string of the molecule is C[C@]12CC[C@H](O)CC1=CC[C@@H]1C2CC[C@]2(C)C(=NCc3ccccn3)CC[C@@H]12. The molecule has 0 saturated heterocycles. The third-order valence-corrected chi connectivity index (χ3v) is 8.98. The molecule has 150 valence electrons. The summed E-state index contributed by atoms with van der Waals surface area (Å²) in [5.41, 5.74) is 4.72. The third-order valence-electron chi connectivity index (χ3n) is 8.98. The lowest BCUT2D eigenvalue weighted by molar-refractivity contribution is -0.0209. The number of aliphatic hydroxyl groups is 1. The second kappa shape index (κ2) is 6.79. The molecule has 0 amide bonds. The summed E-state index contributed by atoms with van der Waals surface area (Å²) in [5.74, 6) is 2.37. The lowest BCUT2D eigenvalue weighted by atomic mass is 9.48. The molecule has 0 bridgehead atoms. The molecule has 0 aromatic carbocycles. The fourth-order valence-electron chi connectivity index (χ4n) is 7.36. The van der Waals surface area contributed by atoms with E-state index in [0.29, 0.717) is 5.41 Å². The quantitative estimate of drug-likeness (QED) is 0.706. The molecule has 0 spiro atoms. The van der Waals surface area contributed by atoms with E-state index in [2.05, 4.69) is 37.0 Å². The van der Waals surface area contributed by atoms with E-state index in [1.165, 1.54) is 44.2 Å². The second-order valence-electron chi connectivity index (χ2n) is 10.2. The fourth-order valence-corrected chi connectivity index (χ4v) is 7.36. The molecular formula is C25H34N2O. The maximum Gasteiger partial charge on any atom is 0.0811 e. The van der Waals surface area contributed by atoms with Gasteiger partial charge in [0.2, 0.25) is 0 Å². The summed E-state index contributed by atoms with van der Waals surface area (Å²) in [5, 5.41) is 10.2. The zero-order valence-corrected chi connectivity index (χ0v) is 17.4. The van der Waals surface area contributed by atoms with Crippen LogP contribution < -0.4 is 0 Å². The van der Waals surface area contributed by atoms with E-state index in [1.54, 1.807) is 5.57 Å². The van der Waals surface area contributed by atoms with Crippen molar-refractivity contribution in [3.8, 4) is 0 Å². The molecule has 3 heteroatoms. The number of aliphatic imine (C=N–C) groups is 1. The summed E-state index contributed by atoms with van der Waals surface area (Å²) < 4.78 is 0. The van der Waals surface area contributed by atoms with Crippen LogP contribution in [0.3, 0.4) is 0 Å². The van der Waals surface area contributed by atoms with Gasteiger partial charge in [-0.2, -0.15) is 0 Å². The largest absolute Gasteiger partial charge is 0.393 e. The van der Waals surface area contributed by atoms with Gasteiger partial charge in [-0.15, -0.1) is 0 Å². The number of allylic oxidation sites excluding steroid dienone is 1. The molecule has 3 saturated carbocycles. The highest BCUT2D eigenvalue weighted by Gasteiger charge is 2.57. The molecule has 4 aliphatic rings. The number of nitrogens with zero attached hydrogens (tertiary/aromatic N) is 2. The van der Waals surface area contributed by atoms with E-state index in [9.17, 15) is 5.11 Å². The standard InChI is InChI=1S/C25H34N2O/c1-24-12-10-19(28)15-17(24)6-7-20-21-8-9-23(25(21,2)13-11-22(20)24)27-16-18-5-3-4-14-26-18/h3-6,14,19-22,28H,7-13,15-16H2,1-2H3/t19-,20-,21-,22?,24-,25-/m0/s1. The van der Waals surface area contributed by atoms with Crippen LogP contribution in [0.2, 0.25) is 0 Å². The summed E-state index contributed by atoms with van der Waals surface area (Å²) >= 11 is 0. The minimum absolute atomic E-state index is 0.110. The lowest BCUT2D eigenvalue weighted by Gasteiger charge is -2.57. The molecule has 1 N–H and O–H groups in total. The Labute approximate surface area is 169 Å². The van der Waals surface area contributed by atoms with E-state index in [1.807, 2.05) is 12.3 Å². The minimum atomic E-state index is -0.110. The van der Waals surface area contributed by atoms with Gasteiger partial charge in [0, 0.05) is 17.3 Å². The summed E-state index contributed by atoms with van der Waals surface area (Å²) in [6.07, 6.45) is 13.7. The van der Waals surface area contributed by atoms with Gasteiger partial charge in [0.1, 0.15) is 0 Å². The highest BCUT2D eigenvalue weighted by atomic mass is 16.3. The summed E-state index contributed by atoms with van der Waals surface area (Å²) in [6, 6.07) is 6.11. The predicted molar refractivity (Wildman–Crippen MR) is 113 cm³/mol. The number of hydrogen-bond donors (Lipinski definition) is 1. The van der Waals surface area contributed by atoms with Crippen LogP contribution in [-0.2, 0) is 6.54 Å². The molecule has 1 heterocycles. The van der Waals surface area contributed by atoms with E-state index in [0.717, 1.165) is 42.8 Å². The number of pyridine rings is 1. The van der Waals surface area contributed by atoms with Crippen molar-refractivity contribution in [2.24, 2.45) is 33.6 Å². The van der Waals surface area contributed by atoms with Gasteiger partial charge in [0.25, 0.3) is 0 Å². The molecule has 6 atom stereocenters. The Kier molecular flexibility index (Phi) is 4.50. The van der Waals surface area contributed by atoms with E-state index in [4.69, 9.17) is 4.99 Å². The zero-order chi connectivity index (χ0) is 19.4. The van der Waals surface area contributed by atoms with Crippen LogP contribution >= 0.6 is 0 Å². The Morgan fingerprint density at radius 1 is 1.11 bits per heavy atom. The van der Waals surface area contributed by atoms with Crippen LogP contribution in [0.4, 0.5) is 0 Å². The summed E-state index contributed by atoms with van der Waals surface area (Å²) in [6.45, 7) is 5.74. The number of rotatable bonds is 2. The van der Waals surface area contributed by atoms with Crippen molar-refractivity contribution in [2.45, 2.75) is 77.9 Å². The average molecular weight is 379 g/mol. The number of aromatic nitrogens is 1. The molecule has 3 nitrogen and oxygen atoms in total. The third kappa shape index (κ3) is 2.81. The van der Waals surface area contributed by atoms with Gasteiger partial charge in [-0.3, -0.25) is 9.98 Å². The summed E-state index contributed by atoms with van der Waals surface area (Å²) in [4.78, 5) is 9.56. The average Bonchev–Trinajstić information content (AvgIpc) is 3.04. The van der Waals surface area contributed by atoms with Gasteiger partial charge in [-0.1, -0.05) is 31.6 Å². The molecule has 0 radical (unpaired) electrons. The van der Waals surface area contributed by atoms with Crippen molar-refractivity contribution < 1.29 is 5.11 Å². The van der Waals surface area contributed by atoms with Crippen molar-refractivity contribution in [3.05, 3.63) is 41.7 Å². The normalized spacial score (nSPS) is 43.8. The van der Waals surface area contributed by atoms with Gasteiger partial charge >= 0.3 is 0 Å². The predicted octanol–water partition coefficient (Wildman–Crippen LogP) is 5.35. The van der Waals surface area contributed by atoms with Gasteiger partial charge in [0.15, 0.2) is 0 Å². The molecule has 28 heavy (non-hydrogen) atoms. The van der Waals surface area contributed by atoms with Crippen LogP contribution in [0.5, 0.6) is 0 Å². The second-order valence-corrected chi connectivity index (χ2v) is 10.2. The van der Waals surface area contributed by atoms with Crippen LogP contribution in [0, 0.1) is 28.6 Å². The molecular weight excluding hydrogens is 344 g/mol. The van der Waals surface area contributed by atoms with Crippen molar-refractivity contribution in [1.82, 2.24) is 4.98 Å². The number of aliphatic hydroxyl groups excluding tert-OH is 1. The monoisotopic (exact) mass is 378 g/mol. The maximum atomic E-state index is 10.2. The van der Waals surface area contributed by atoms with Gasteiger partial charge < -0.3 is 5.11 Å². The van der Waals surface area contributed by atoms with Crippen LogP contribution in [-0.4, -0.2) is 21.9 Å². The van der Waals surface area contributed by atoms with Crippen molar-refractivity contribution in [1.29, 1.82) is 0 Å². The zero-order valence-electron chi connectivity index (χ0n) is 17.4. The van der Waals surface area contributed by atoms with Crippen LogP contribution in [0.1, 0.15) is 70.9 Å². The number of fused-ring (bicyclic) bond motifs is 5. The van der Waals surface area contributed by atoms with Gasteiger partial charge in [0.05, 0.1) is 18.3 Å². The first-order valence-electron chi connectivity index (χ1n) is 11.3. The topological polar surface area (TPSA) is 45.5 Å². The first-order chi connectivity index (χ1) is 13.5. The first kappa shape index (κ1) is 18.5. The van der Waals surface area contributed by atoms with E-state index < -0.39 is 0 Å². The number of hydrogen-bond acceptors (Lipinski definition) is 3. The summed E-state index contributed by atoms with van der Waals surface area (Å²) in [7, 11) is 0. The van der Waals surface area contributed by atoms with Crippen molar-refractivity contribution >= 4 is 5.71 Å². The Bertz CT molecular complexity index is 800. The Balaban J connectivity index is 1.39. The highest BCUT2D eigenvalue weighted by Crippen LogP contribution is 2.64. The van der Waals surface area contributed by atoms with Crippen LogP contribution in [0.25, 0.3) is 0 Å². The molecule has 1 aromatic rings. The Morgan fingerprint density at radius 2 is 1.93 bits per heavy atom. The lowest BCUT2D eigenvalue weighted by Crippen LogP contribution is -2.50. The smallest absolute Gasteiger partial charge is 0.0811 e. The molecule has 5 rings (SSSR count). The molecule has 3 fully saturated rings. The first-order valence-corrected chi connectivity index (χ1v) is 11.3. The van der Waals surface area contributed by atoms with Crippen molar-refractivity contribution in [3.63, 3.8) is 0 Å².